The Morgan fingerprint density at radius 3 is 2.59 bits per heavy atom. The maximum Gasteiger partial charge on any atom is 0.269 e. The van der Waals surface area contributed by atoms with Crippen LogP contribution in [-0.2, 0) is 11.2 Å². The third-order valence-electron chi connectivity index (χ3n) is 5.34. The molecule has 0 unspecified atom stereocenters. The molecule has 4 atom stereocenters. The van der Waals surface area contributed by atoms with E-state index in [0.29, 0.717) is 5.92 Å². The van der Waals surface area contributed by atoms with Crippen LogP contribution in [-0.4, -0.2) is 16.9 Å². The molecule has 2 bridgehead atoms. The fourth-order valence-electron chi connectivity index (χ4n) is 4.24. The number of benzene rings is 1. The van der Waals surface area contributed by atoms with Crippen LogP contribution in [0, 0.1) is 27.9 Å². The summed E-state index contributed by atoms with van der Waals surface area (Å²) >= 11 is 0. The summed E-state index contributed by atoms with van der Waals surface area (Å²) in [5, 5.41) is 13.7. The number of nitrogens with zero attached hydrogens (tertiary/aromatic N) is 1. The van der Waals surface area contributed by atoms with Crippen molar-refractivity contribution in [2.45, 2.75) is 45.1 Å². The largest absolute Gasteiger partial charge is 0.353 e. The fraction of sp³-hybridized carbons (Fsp3) is 0.588. The smallest absolute Gasteiger partial charge is 0.269 e. The zero-order valence-electron chi connectivity index (χ0n) is 12.8. The SMILES string of the molecule is C[C@H](NC(=O)Cc1ccc([N+](=O)[O-])cc1)[C@H]1C[C@H]2CC[C@H]1C2. The molecule has 0 aliphatic heterocycles. The summed E-state index contributed by atoms with van der Waals surface area (Å²) in [6.45, 7) is 2.11. The van der Waals surface area contributed by atoms with Crippen molar-refractivity contribution in [2.75, 3.05) is 0 Å². The number of fused-ring (bicyclic) bond motifs is 2. The van der Waals surface area contributed by atoms with Crippen molar-refractivity contribution in [3.05, 3.63) is 39.9 Å². The van der Waals surface area contributed by atoms with Gasteiger partial charge >= 0.3 is 0 Å². The Balaban J connectivity index is 1.52. The van der Waals surface area contributed by atoms with Gasteiger partial charge in [-0.1, -0.05) is 18.6 Å². The molecule has 0 heterocycles. The monoisotopic (exact) mass is 302 g/mol. The van der Waals surface area contributed by atoms with Crippen LogP contribution >= 0.6 is 0 Å². The van der Waals surface area contributed by atoms with Gasteiger partial charge in [0.25, 0.3) is 5.69 Å². The van der Waals surface area contributed by atoms with Gasteiger partial charge in [0.15, 0.2) is 0 Å². The lowest BCUT2D eigenvalue weighted by atomic mass is 9.84. The lowest BCUT2D eigenvalue weighted by Crippen LogP contribution is -2.40. The summed E-state index contributed by atoms with van der Waals surface area (Å²) < 4.78 is 0. The quantitative estimate of drug-likeness (QED) is 0.671. The van der Waals surface area contributed by atoms with Gasteiger partial charge in [-0.05, 0) is 49.5 Å². The van der Waals surface area contributed by atoms with Crippen molar-refractivity contribution < 1.29 is 9.72 Å². The fourth-order valence-corrected chi connectivity index (χ4v) is 4.24. The molecule has 2 fully saturated rings. The summed E-state index contributed by atoms with van der Waals surface area (Å²) in [5.74, 6) is 2.30. The average Bonchev–Trinajstić information content (AvgIpc) is 3.10. The molecule has 0 aromatic heterocycles. The van der Waals surface area contributed by atoms with Gasteiger partial charge in [0.05, 0.1) is 11.3 Å². The second-order valence-corrected chi connectivity index (χ2v) is 6.80. The van der Waals surface area contributed by atoms with Gasteiger partial charge in [0.2, 0.25) is 5.91 Å². The molecule has 1 aromatic rings. The van der Waals surface area contributed by atoms with Crippen molar-refractivity contribution in [3.63, 3.8) is 0 Å². The third-order valence-corrected chi connectivity index (χ3v) is 5.34. The Kier molecular flexibility index (Phi) is 4.14. The van der Waals surface area contributed by atoms with E-state index in [2.05, 4.69) is 12.2 Å². The van der Waals surface area contributed by atoms with Gasteiger partial charge in [-0.2, -0.15) is 0 Å². The number of nitrogens with one attached hydrogen (secondary N) is 1. The van der Waals surface area contributed by atoms with Crippen LogP contribution in [0.3, 0.4) is 0 Å². The van der Waals surface area contributed by atoms with E-state index >= 15 is 0 Å². The molecule has 1 aromatic carbocycles. The minimum Gasteiger partial charge on any atom is -0.353 e. The first-order valence-electron chi connectivity index (χ1n) is 8.05. The Morgan fingerprint density at radius 1 is 1.32 bits per heavy atom. The molecule has 2 saturated carbocycles. The number of carbonyl (C=O) groups is 1. The van der Waals surface area contributed by atoms with Crippen LogP contribution in [0.15, 0.2) is 24.3 Å². The first-order valence-corrected chi connectivity index (χ1v) is 8.05. The first kappa shape index (κ1) is 15.0. The molecule has 0 radical (unpaired) electrons. The number of amides is 1. The number of carbonyl (C=O) groups excluding carboxylic acids is 1. The molecule has 1 N–H and O–H groups in total. The Hall–Kier alpha value is -1.91. The number of rotatable bonds is 5. The molecule has 2 aliphatic rings. The van der Waals surface area contributed by atoms with Gasteiger partial charge in [-0.15, -0.1) is 0 Å². The number of nitro groups is 1. The molecule has 3 rings (SSSR count). The van der Waals surface area contributed by atoms with Crippen molar-refractivity contribution in [2.24, 2.45) is 17.8 Å². The summed E-state index contributed by atoms with van der Waals surface area (Å²) in [4.78, 5) is 22.3. The number of hydrogen-bond acceptors (Lipinski definition) is 3. The van der Waals surface area contributed by atoms with Crippen molar-refractivity contribution in [3.8, 4) is 0 Å². The second kappa shape index (κ2) is 6.07. The first-order chi connectivity index (χ1) is 10.5. The lowest BCUT2D eigenvalue weighted by molar-refractivity contribution is -0.384. The highest BCUT2D eigenvalue weighted by molar-refractivity contribution is 5.78. The van der Waals surface area contributed by atoms with E-state index in [1.54, 1.807) is 12.1 Å². The van der Waals surface area contributed by atoms with E-state index in [1.807, 2.05) is 0 Å². The van der Waals surface area contributed by atoms with E-state index in [4.69, 9.17) is 0 Å². The normalized spacial score (nSPS) is 27.6. The minimum atomic E-state index is -0.430. The zero-order valence-corrected chi connectivity index (χ0v) is 12.8. The van der Waals surface area contributed by atoms with E-state index < -0.39 is 4.92 Å². The molecule has 22 heavy (non-hydrogen) atoms. The van der Waals surface area contributed by atoms with E-state index in [0.717, 1.165) is 17.4 Å². The van der Waals surface area contributed by atoms with Gasteiger partial charge in [-0.25, -0.2) is 0 Å². The molecule has 1 amide bonds. The summed E-state index contributed by atoms with van der Waals surface area (Å²) in [5.41, 5.74) is 0.864. The molecule has 5 nitrogen and oxygen atoms in total. The standard InChI is InChI=1S/C17H22N2O3/c1-11(16-9-13-2-5-14(16)8-13)18-17(20)10-12-3-6-15(7-4-12)19(21)22/h3-4,6-7,11,13-14,16H,2,5,8-10H2,1H3,(H,18,20)/t11-,13-,14-,16+/m0/s1. The summed E-state index contributed by atoms with van der Waals surface area (Å²) in [6.07, 6.45) is 5.56. The molecule has 118 valence electrons. The van der Waals surface area contributed by atoms with E-state index in [-0.39, 0.29) is 24.1 Å². The van der Waals surface area contributed by atoms with Crippen LogP contribution in [0.2, 0.25) is 0 Å². The summed E-state index contributed by atoms with van der Waals surface area (Å²) in [7, 11) is 0. The Morgan fingerprint density at radius 2 is 2.05 bits per heavy atom. The number of nitro benzene ring substituents is 1. The van der Waals surface area contributed by atoms with Crippen molar-refractivity contribution >= 4 is 11.6 Å². The minimum absolute atomic E-state index is 0.00382. The number of non-ortho nitro benzene ring substituents is 1. The van der Waals surface area contributed by atoms with Gasteiger partial charge < -0.3 is 5.32 Å². The second-order valence-electron chi connectivity index (χ2n) is 6.80. The number of hydrogen-bond donors (Lipinski definition) is 1. The topological polar surface area (TPSA) is 72.2 Å². The highest BCUT2D eigenvalue weighted by Gasteiger charge is 2.42. The Labute approximate surface area is 130 Å². The van der Waals surface area contributed by atoms with Gasteiger partial charge in [0.1, 0.15) is 0 Å². The van der Waals surface area contributed by atoms with Gasteiger partial charge in [0, 0.05) is 18.2 Å². The predicted octanol–water partition coefficient (Wildman–Crippen LogP) is 3.08. The Bertz CT molecular complexity index is 570. The molecule has 2 aliphatic carbocycles. The van der Waals surface area contributed by atoms with Crippen LogP contribution < -0.4 is 5.32 Å². The highest BCUT2D eigenvalue weighted by Crippen LogP contribution is 2.49. The van der Waals surface area contributed by atoms with E-state index in [9.17, 15) is 14.9 Å². The van der Waals surface area contributed by atoms with Crippen LogP contribution in [0.5, 0.6) is 0 Å². The van der Waals surface area contributed by atoms with E-state index in [1.165, 1.54) is 37.8 Å². The predicted molar refractivity (Wildman–Crippen MR) is 83.3 cm³/mol. The average molecular weight is 302 g/mol. The molecule has 5 heteroatoms. The zero-order chi connectivity index (χ0) is 15.7. The lowest BCUT2D eigenvalue weighted by Gasteiger charge is -2.28. The maximum absolute atomic E-state index is 12.2. The maximum atomic E-state index is 12.2. The summed E-state index contributed by atoms with van der Waals surface area (Å²) in [6, 6.07) is 6.42. The van der Waals surface area contributed by atoms with Crippen molar-refractivity contribution in [1.82, 2.24) is 5.32 Å². The van der Waals surface area contributed by atoms with Gasteiger partial charge in [-0.3, -0.25) is 14.9 Å². The molecular weight excluding hydrogens is 280 g/mol. The van der Waals surface area contributed by atoms with Crippen LogP contribution in [0.1, 0.15) is 38.2 Å². The third kappa shape index (κ3) is 3.13. The van der Waals surface area contributed by atoms with Crippen molar-refractivity contribution in [1.29, 1.82) is 0 Å². The molecule has 0 spiro atoms. The molecular formula is C17H22N2O3. The molecule has 0 saturated heterocycles. The highest BCUT2D eigenvalue weighted by atomic mass is 16.6. The van der Waals surface area contributed by atoms with Crippen LogP contribution in [0.25, 0.3) is 0 Å². The van der Waals surface area contributed by atoms with Crippen LogP contribution in [0.4, 0.5) is 5.69 Å².